The molecule has 0 spiro atoms. The molecular formula is C22H31FN6O3S2. The molecule has 0 saturated heterocycles. The second-order valence-electron chi connectivity index (χ2n) is 9.07. The Labute approximate surface area is 205 Å². The number of benzene rings is 1. The third-order valence-corrected chi connectivity index (χ3v) is 6.57. The highest BCUT2D eigenvalue weighted by atomic mass is 32.2. The van der Waals surface area contributed by atoms with Crippen LogP contribution >= 0.6 is 11.3 Å². The van der Waals surface area contributed by atoms with Crippen LogP contribution in [0.15, 0.2) is 22.4 Å². The number of hydrogen-bond acceptors (Lipinski definition) is 9. The molecule has 1 aliphatic rings. The van der Waals surface area contributed by atoms with E-state index in [4.69, 9.17) is 4.74 Å². The van der Waals surface area contributed by atoms with Crippen LogP contribution in [-0.2, 0) is 22.1 Å². The summed E-state index contributed by atoms with van der Waals surface area (Å²) < 4.78 is 32.8. The van der Waals surface area contributed by atoms with Gasteiger partial charge in [-0.2, -0.15) is 0 Å². The van der Waals surface area contributed by atoms with Crippen molar-refractivity contribution in [3.05, 3.63) is 22.7 Å². The summed E-state index contributed by atoms with van der Waals surface area (Å²) in [4.78, 5) is 14.4. The van der Waals surface area contributed by atoms with Gasteiger partial charge >= 0.3 is 5.97 Å². The highest BCUT2D eigenvalue weighted by Gasteiger charge is 2.26. The average Bonchev–Trinajstić information content (AvgIpc) is 3.27. The summed E-state index contributed by atoms with van der Waals surface area (Å²) in [6.45, 7) is 11.6. The summed E-state index contributed by atoms with van der Waals surface area (Å²) in [7, 11) is -1.90. The summed E-state index contributed by atoms with van der Waals surface area (Å²) >= 11 is 0.967. The fourth-order valence-corrected chi connectivity index (χ4v) is 4.59. The first-order valence-corrected chi connectivity index (χ1v) is 13.4. The van der Waals surface area contributed by atoms with Crippen LogP contribution in [0.2, 0.25) is 0 Å². The van der Waals surface area contributed by atoms with Crippen molar-refractivity contribution in [2.75, 3.05) is 28.8 Å². The Morgan fingerprint density at radius 3 is 2.74 bits per heavy atom. The van der Waals surface area contributed by atoms with Gasteiger partial charge in [-0.25, -0.2) is 13.4 Å². The van der Waals surface area contributed by atoms with Gasteiger partial charge in [-0.15, -0.1) is 20.4 Å². The Morgan fingerprint density at radius 2 is 2.06 bits per heavy atom. The Morgan fingerprint density at radius 1 is 1.29 bits per heavy atom. The maximum Gasteiger partial charge on any atom is 0.369 e. The molecule has 0 radical (unpaired) electrons. The highest BCUT2D eigenvalue weighted by molar-refractivity contribution is 7.86. The van der Waals surface area contributed by atoms with E-state index < -0.39 is 23.0 Å². The molecule has 0 fully saturated rings. The summed E-state index contributed by atoms with van der Waals surface area (Å²) in [5.41, 5.74) is 2.96. The molecule has 12 heteroatoms. The first-order valence-electron chi connectivity index (χ1n) is 11.2. The van der Waals surface area contributed by atoms with Crippen molar-refractivity contribution in [2.45, 2.75) is 53.5 Å². The lowest BCUT2D eigenvalue weighted by molar-refractivity contribution is 0.0457. The van der Waals surface area contributed by atoms with Gasteiger partial charge in [-0.3, -0.25) is 0 Å². The number of fused-ring (bicyclic) bond motifs is 1. The van der Waals surface area contributed by atoms with Gasteiger partial charge in [0.25, 0.3) is 5.13 Å². The number of azo groups is 1. The molecule has 2 aromatic rings. The molecule has 9 nitrogen and oxygen atoms in total. The minimum absolute atomic E-state index is 0.0928. The first kappa shape index (κ1) is 26.1. The molecule has 0 amide bonds. The van der Waals surface area contributed by atoms with Crippen LogP contribution in [0.25, 0.3) is 0 Å². The second kappa shape index (κ2) is 11.8. The van der Waals surface area contributed by atoms with E-state index >= 15 is 0 Å². The van der Waals surface area contributed by atoms with Gasteiger partial charge in [-0.05, 0) is 49.3 Å². The molecule has 2 atom stereocenters. The topological polar surface area (TPSA) is 109 Å². The number of aromatic nitrogens is 2. The van der Waals surface area contributed by atoms with Crippen LogP contribution in [0.5, 0.6) is 0 Å². The van der Waals surface area contributed by atoms with Crippen LogP contribution < -0.4 is 9.62 Å². The number of alkyl halides is 1. The Balaban J connectivity index is 1.89. The molecule has 1 aliphatic heterocycles. The summed E-state index contributed by atoms with van der Waals surface area (Å²) in [6.07, 6.45) is 1.86. The number of carbonyl (C=O) groups is 1. The van der Waals surface area contributed by atoms with Crippen LogP contribution in [0.3, 0.4) is 0 Å². The second-order valence-corrected chi connectivity index (χ2v) is 11.1. The molecule has 2 heterocycles. The van der Waals surface area contributed by atoms with E-state index in [2.05, 4.69) is 50.8 Å². The van der Waals surface area contributed by atoms with Gasteiger partial charge in [0.05, 0.1) is 12.3 Å². The zero-order valence-corrected chi connectivity index (χ0v) is 21.7. The van der Waals surface area contributed by atoms with E-state index in [0.717, 1.165) is 42.0 Å². The quantitative estimate of drug-likeness (QED) is 0.331. The summed E-state index contributed by atoms with van der Waals surface area (Å²) in [5.74, 6) is 0.116. The van der Waals surface area contributed by atoms with Crippen molar-refractivity contribution in [3.63, 3.8) is 0 Å². The van der Waals surface area contributed by atoms with Crippen molar-refractivity contribution >= 4 is 50.5 Å². The van der Waals surface area contributed by atoms with Gasteiger partial charge < -0.3 is 14.4 Å². The number of hydrogen-bond donors (Lipinski definition) is 1. The lowest BCUT2D eigenvalue weighted by Gasteiger charge is -2.38. The van der Waals surface area contributed by atoms with Crippen LogP contribution in [0, 0.1) is 11.8 Å². The maximum atomic E-state index is 13.0. The Kier molecular flexibility index (Phi) is 9.06. The molecule has 186 valence electrons. The van der Waals surface area contributed by atoms with Gasteiger partial charge in [0.1, 0.15) is 16.7 Å². The molecule has 0 aliphatic carbocycles. The third kappa shape index (κ3) is 6.78. The minimum atomic E-state index is -1.90. The largest absolute Gasteiger partial charge is 0.460 e. The van der Waals surface area contributed by atoms with Crippen LogP contribution in [0.1, 0.15) is 56.4 Å². The monoisotopic (exact) mass is 510 g/mol. The van der Waals surface area contributed by atoms with Crippen molar-refractivity contribution in [1.29, 1.82) is 0 Å². The standard InChI is InChI=1S/C22H31FN6O3S2/c1-13(2)10-29-15(5)6-7-16-8-17(18(9-19(16)29)28-34(31)12-23)24-26-22-27-25-20(33-22)21(30)32-11-14(3)4/h8-9,13-15,28H,6-7,10-12H2,1-5H3. The number of anilines is 2. The molecule has 1 aromatic heterocycles. The van der Waals surface area contributed by atoms with Crippen molar-refractivity contribution in [1.82, 2.24) is 10.2 Å². The van der Waals surface area contributed by atoms with Crippen LogP contribution in [-0.4, -0.2) is 45.6 Å². The smallest absolute Gasteiger partial charge is 0.369 e. The van der Waals surface area contributed by atoms with E-state index in [-0.39, 0.29) is 22.7 Å². The number of ether oxygens (including phenoxy) is 1. The highest BCUT2D eigenvalue weighted by Crippen LogP contribution is 2.40. The lowest BCUT2D eigenvalue weighted by Crippen LogP contribution is -2.39. The number of esters is 1. The van der Waals surface area contributed by atoms with E-state index in [1.54, 1.807) is 0 Å². The normalized spacial score (nSPS) is 16.8. The van der Waals surface area contributed by atoms with Gasteiger partial charge in [-0.1, -0.05) is 39.0 Å². The zero-order chi connectivity index (χ0) is 24.8. The summed E-state index contributed by atoms with van der Waals surface area (Å²) in [6, 6.07) is 3.08. The first-order chi connectivity index (χ1) is 16.2. The van der Waals surface area contributed by atoms with Crippen LogP contribution in [0.4, 0.5) is 26.6 Å². The van der Waals surface area contributed by atoms with Crippen molar-refractivity contribution in [2.24, 2.45) is 22.1 Å². The van der Waals surface area contributed by atoms with E-state index in [1.807, 2.05) is 26.0 Å². The van der Waals surface area contributed by atoms with Crippen molar-refractivity contribution in [3.8, 4) is 0 Å². The fraction of sp³-hybridized carbons (Fsp3) is 0.591. The molecule has 0 saturated carbocycles. The van der Waals surface area contributed by atoms with Crippen molar-refractivity contribution < 1.29 is 18.1 Å². The zero-order valence-electron chi connectivity index (χ0n) is 20.1. The Bertz CT molecular complexity index is 1060. The van der Waals surface area contributed by atoms with Gasteiger partial charge in [0.15, 0.2) is 6.01 Å². The predicted octanol–water partition coefficient (Wildman–Crippen LogP) is 5.57. The number of nitrogens with zero attached hydrogens (tertiary/aromatic N) is 5. The third-order valence-electron chi connectivity index (χ3n) is 5.13. The molecule has 1 N–H and O–H groups in total. The van der Waals surface area contributed by atoms with Gasteiger partial charge in [0.2, 0.25) is 5.01 Å². The number of halogens is 1. The molecular weight excluding hydrogens is 479 g/mol. The summed E-state index contributed by atoms with van der Waals surface area (Å²) in [5, 5.41) is 16.4. The SMILES string of the molecule is CC(C)COC(=O)c1nnc(N=Nc2cc3c(cc2NS(=O)CF)N(CC(C)C)C(C)CC3)s1. The number of aryl methyl sites for hydroxylation is 1. The minimum Gasteiger partial charge on any atom is -0.460 e. The number of rotatable bonds is 10. The number of carbonyl (C=O) groups excluding carboxylic acids is 1. The van der Waals surface area contributed by atoms with E-state index in [0.29, 0.717) is 23.3 Å². The maximum absolute atomic E-state index is 13.0. The van der Waals surface area contributed by atoms with E-state index in [1.165, 1.54) is 0 Å². The fourth-order valence-electron chi connectivity index (χ4n) is 3.57. The molecule has 0 bridgehead atoms. The van der Waals surface area contributed by atoms with E-state index in [9.17, 15) is 13.4 Å². The molecule has 3 rings (SSSR count). The molecule has 2 unspecified atom stereocenters. The molecule has 1 aromatic carbocycles. The Hall–Kier alpha value is -2.47. The average molecular weight is 511 g/mol. The lowest BCUT2D eigenvalue weighted by atomic mass is 9.94. The van der Waals surface area contributed by atoms with Gasteiger partial charge in [0, 0.05) is 18.3 Å². The molecule has 34 heavy (non-hydrogen) atoms. The predicted molar refractivity (Wildman–Crippen MR) is 133 cm³/mol. The number of nitrogens with one attached hydrogen (secondary N) is 1.